The minimum Gasteiger partial charge on any atom is -0.444 e. The van der Waals surface area contributed by atoms with Gasteiger partial charge in [0.1, 0.15) is 5.60 Å². The molecule has 0 aromatic carbocycles. The molecule has 4 nitrogen and oxygen atoms in total. The molecule has 0 aliphatic rings. The quantitative estimate of drug-likeness (QED) is 0.650. The van der Waals surface area contributed by atoms with E-state index < -0.39 is 5.60 Å². The lowest BCUT2D eigenvalue weighted by Crippen LogP contribution is -2.43. The van der Waals surface area contributed by atoms with Crippen molar-refractivity contribution in [2.45, 2.75) is 51.8 Å². The number of nitrogens with one attached hydrogen (secondary N) is 2. The molecule has 0 bridgehead atoms. The van der Waals surface area contributed by atoms with Gasteiger partial charge in [-0.3, -0.25) is 0 Å². The van der Waals surface area contributed by atoms with Crippen LogP contribution in [-0.4, -0.2) is 24.3 Å². The molecule has 0 aliphatic heterocycles. The number of hydrogen-bond acceptors (Lipinski definition) is 5. The first-order valence-corrected chi connectivity index (χ1v) is 10.4. The normalized spacial score (nSPS) is 14.1. The molecule has 7 heteroatoms. The fourth-order valence-electron chi connectivity index (χ4n) is 2.32. The highest BCUT2D eigenvalue weighted by Gasteiger charge is 2.22. The van der Waals surface area contributed by atoms with Crippen LogP contribution in [0.15, 0.2) is 29.6 Å². The predicted octanol–water partition coefficient (Wildman–Crippen LogP) is 5.45. The maximum absolute atomic E-state index is 11.9. The Bertz CT molecular complexity index is 665. The second-order valence-electron chi connectivity index (χ2n) is 6.74. The number of hydrogen-bond donors (Lipinski definition) is 2. The van der Waals surface area contributed by atoms with E-state index in [1.54, 1.807) is 22.7 Å². The summed E-state index contributed by atoms with van der Waals surface area (Å²) in [5.41, 5.74) is -0.494. The lowest BCUT2D eigenvalue weighted by molar-refractivity contribution is 0.0521. The molecule has 2 aromatic heterocycles. The Hall–Kier alpha value is -1.08. The molecule has 1 amide bonds. The first-order valence-electron chi connectivity index (χ1n) is 8.30. The van der Waals surface area contributed by atoms with Crippen LogP contribution in [0.3, 0.4) is 0 Å². The van der Waals surface area contributed by atoms with Crippen LogP contribution >= 0.6 is 34.3 Å². The number of alkyl carbamates (subject to hydrolysis) is 1. The van der Waals surface area contributed by atoms with Crippen LogP contribution in [0.25, 0.3) is 0 Å². The highest BCUT2D eigenvalue weighted by atomic mass is 35.5. The van der Waals surface area contributed by atoms with Crippen molar-refractivity contribution in [3.63, 3.8) is 0 Å². The van der Waals surface area contributed by atoms with Gasteiger partial charge in [-0.25, -0.2) is 4.79 Å². The van der Waals surface area contributed by atoms with E-state index in [9.17, 15) is 4.79 Å². The molecule has 0 fully saturated rings. The summed E-state index contributed by atoms with van der Waals surface area (Å²) in [6, 6.07) is 8.33. The van der Waals surface area contributed by atoms with Gasteiger partial charge in [0.15, 0.2) is 0 Å². The van der Waals surface area contributed by atoms with Crippen molar-refractivity contribution in [2.75, 3.05) is 6.54 Å². The predicted molar refractivity (Wildman–Crippen MR) is 107 cm³/mol. The van der Waals surface area contributed by atoms with Crippen LogP contribution in [-0.2, 0) is 4.74 Å². The molecular weight excluding hydrogens is 376 g/mol. The van der Waals surface area contributed by atoms with Crippen molar-refractivity contribution in [2.24, 2.45) is 0 Å². The second-order valence-corrected chi connectivity index (χ2v) is 9.47. The molecule has 0 aliphatic carbocycles. The molecule has 138 valence electrons. The largest absolute Gasteiger partial charge is 0.444 e. The van der Waals surface area contributed by atoms with Gasteiger partial charge in [-0.1, -0.05) is 24.6 Å². The van der Waals surface area contributed by atoms with Crippen LogP contribution in [0.4, 0.5) is 4.79 Å². The Morgan fingerprint density at radius 1 is 1.28 bits per heavy atom. The minimum absolute atomic E-state index is 0.0721. The van der Waals surface area contributed by atoms with E-state index in [1.807, 2.05) is 32.9 Å². The smallest absolute Gasteiger partial charge is 0.407 e. The first-order chi connectivity index (χ1) is 11.8. The Kier molecular flexibility index (Phi) is 7.31. The molecule has 2 N–H and O–H groups in total. The molecule has 2 unspecified atom stereocenters. The Morgan fingerprint density at radius 2 is 2.04 bits per heavy atom. The molecular formula is C18H25ClN2O2S2. The lowest BCUT2D eigenvalue weighted by Gasteiger charge is -2.25. The standard InChI is InChI=1S/C18H25ClN2O2S2/c1-5-12(11-20-17(22)23-18(2,3)4)21-16(13-7-6-10-24-13)14-8-9-15(19)25-14/h6-10,12,16,21H,5,11H2,1-4H3,(H,20,22). The number of ether oxygens (including phenoxy) is 1. The van der Waals surface area contributed by atoms with Crippen molar-refractivity contribution in [3.05, 3.63) is 43.7 Å². The van der Waals surface area contributed by atoms with Gasteiger partial charge in [-0.05, 0) is 50.8 Å². The monoisotopic (exact) mass is 400 g/mol. The molecule has 25 heavy (non-hydrogen) atoms. The summed E-state index contributed by atoms with van der Waals surface area (Å²) in [5, 5.41) is 8.57. The zero-order valence-corrected chi connectivity index (χ0v) is 17.4. The topological polar surface area (TPSA) is 50.4 Å². The van der Waals surface area contributed by atoms with Crippen LogP contribution in [0.1, 0.15) is 49.9 Å². The highest BCUT2D eigenvalue weighted by molar-refractivity contribution is 7.16. The van der Waals surface area contributed by atoms with Gasteiger partial charge in [-0.15, -0.1) is 22.7 Å². The summed E-state index contributed by atoms with van der Waals surface area (Å²) in [5.74, 6) is 0. The highest BCUT2D eigenvalue weighted by Crippen LogP contribution is 2.33. The molecule has 2 rings (SSSR count). The van der Waals surface area contributed by atoms with Crippen molar-refractivity contribution in [3.8, 4) is 0 Å². The van der Waals surface area contributed by atoms with Gasteiger partial charge >= 0.3 is 6.09 Å². The Labute approximate surface area is 162 Å². The Balaban J connectivity index is 2.02. The van der Waals surface area contributed by atoms with E-state index in [4.69, 9.17) is 16.3 Å². The van der Waals surface area contributed by atoms with Crippen molar-refractivity contribution in [1.29, 1.82) is 0 Å². The molecule has 0 radical (unpaired) electrons. The molecule has 2 aromatic rings. The number of carbonyl (C=O) groups excluding carboxylic acids is 1. The molecule has 2 heterocycles. The van der Waals surface area contributed by atoms with E-state index in [-0.39, 0.29) is 18.2 Å². The van der Waals surface area contributed by atoms with Gasteiger partial charge < -0.3 is 15.4 Å². The number of thiophene rings is 2. The third-order valence-corrected chi connectivity index (χ3v) is 5.73. The number of halogens is 1. The van der Waals surface area contributed by atoms with E-state index in [0.29, 0.717) is 6.54 Å². The van der Waals surface area contributed by atoms with Gasteiger partial charge in [0.25, 0.3) is 0 Å². The summed E-state index contributed by atoms with van der Waals surface area (Å²) in [7, 11) is 0. The van der Waals surface area contributed by atoms with E-state index >= 15 is 0 Å². The van der Waals surface area contributed by atoms with Crippen molar-refractivity contribution >= 4 is 40.4 Å². The summed E-state index contributed by atoms with van der Waals surface area (Å²) >= 11 is 9.41. The fraction of sp³-hybridized carbons (Fsp3) is 0.500. The summed E-state index contributed by atoms with van der Waals surface area (Å²) in [4.78, 5) is 14.3. The average molecular weight is 401 g/mol. The third-order valence-electron chi connectivity index (χ3n) is 3.49. The summed E-state index contributed by atoms with van der Waals surface area (Å²) < 4.78 is 6.08. The zero-order valence-electron chi connectivity index (χ0n) is 15.0. The molecule has 0 spiro atoms. The number of carbonyl (C=O) groups is 1. The number of amides is 1. The maximum atomic E-state index is 11.9. The van der Waals surface area contributed by atoms with Crippen LogP contribution < -0.4 is 10.6 Å². The van der Waals surface area contributed by atoms with Gasteiger partial charge in [0.05, 0.1) is 10.4 Å². The molecule has 2 atom stereocenters. The summed E-state index contributed by atoms with van der Waals surface area (Å²) in [6.07, 6.45) is 0.496. The van der Waals surface area contributed by atoms with E-state index in [1.165, 1.54) is 9.75 Å². The van der Waals surface area contributed by atoms with Gasteiger partial charge in [0, 0.05) is 22.3 Å². The Morgan fingerprint density at radius 3 is 2.56 bits per heavy atom. The SMILES string of the molecule is CCC(CNC(=O)OC(C)(C)C)NC(c1cccs1)c1ccc(Cl)s1. The first kappa shape index (κ1) is 20.2. The van der Waals surface area contributed by atoms with Gasteiger partial charge in [-0.2, -0.15) is 0 Å². The molecule has 0 saturated carbocycles. The van der Waals surface area contributed by atoms with E-state index in [2.05, 4.69) is 35.1 Å². The number of rotatable bonds is 7. The van der Waals surface area contributed by atoms with Crippen LogP contribution in [0, 0.1) is 0 Å². The zero-order chi connectivity index (χ0) is 18.4. The average Bonchev–Trinajstić information content (AvgIpc) is 3.17. The lowest BCUT2D eigenvalue weighted by atomic mass is 10.1. The summed E-state index contributed by atoms with van der Waals surface area (Å²) in [6.45, 7) is 8.17. The van der Waals surface area contributed by atoms with Crippen molar-refractivity contribution in [1.82, 2.24) is 10.6 Å². The minimum atomic E-state index is -0.494. The van der Waals surface area contributed by atoms with E-state index in [0.717, 1.165) is 10.8 Å². The van der Waals surface area contributed by atoms with Crippen LogP contribution in [0.5, 0.6) is 0 Å². The van der Waals surface area contributed by atoms with Crippen LogP contribution in [0.2, 0.25) is 4.34 Å². The third kappa shape index (κ3) is 6.62. The second kappa shape index (κ2) is 9.03. The van der Waals surface area contributed by atoms with Crippen molar-refractivity contribution < 1.29 is 9.53 Å². The fourth-order valence-corrected chi connectivity index (χ4v) is 4.34. The maximum Gasteiger partial charge on any atom is 0.407 e. The van der Waals surface area contributed by atoms with Gasteiger partial charge in [0.2, 0.25) is 0 Å². The molecule has 0 saturated heterocycles.